The van der Waals surface area contributed by atoms with Crippen LogP contribution in [0.15, 0.2) is 33.6 Å². The molecule has 3 heterocycles. The van der Waals surface area contributed by atoms with Gasteiger partial charge in [0.2, 0.25) is 0 Å². The van der Waals surface area contributed by atoms with Crippen LogP contribution in [0.2, 0.25) is 0 Å². The summed E-state index contributed by atoms with van der Waals surface area (Å²) in [5.41, 5.74) is 2.57. The predicted octanol–water partition coefficient (Wildman–Crippen LogP) is 4.56. The van der Waals surface area contributed by atoms with Gasteiger partial charge in [0.15, 0.2) is 0 Å². The van der Waals surface area contributed by atoms with Crippen molar-refractivity contribution in [3.8, 4) is 22.8 Å². The van der Waals surface area contributed by atoms with Crippen LogP contribution in [0.3, 0.4) is 0 Å². The van der Waals surface area contributed by atoms with E-state index in [1.54, 1.807) is 25.0 Å². The van der Waals surface area contributed by atoms with E-state index in [0.29, 0.717) is 74.9 Å². The molecule has 6 rings (SSSR count). The predicted molar refractivity (Wildman–Crippen MR) is 162 cm³/mol. The largest absolute Gasteiger partial charge is 0.497 e. The van der Waals surface area contributed by atoms with E-state index in [0.717, 1.165) is 17.5 Å². The number of rotatable bonds is 11. The molecule has 222 valence electrons. The number of hydrogen-bond donors (Lipinski definition) is 2. The lowest BCUT2D eigenvalue weighted by molar-refractivity contribution is -0.124. The zero-order valence-electron chi connectivity index (χ0n) is 23.6. The van der Waals surface area contributed by atoms with Crippen LogP contribution < -0.4 is 9.47 Å². The molecule has 10 nitrogen and oxygen atoms in total. The fourth-order valence-electron chi connectivity index (χ4n) is 6.53. The highest BCUT2D eigenvalue weighted by Gasteiger charge is 2.48. The number of aryl methyl sites for hydroxylation is 2. The summed E-state index contributed by atoms with van der Waals surface area (Å²) in [6.45, 7) is -0.0518. The number of fused-ring (bicyclic) bond motifs is 2. The van der Waals surface area contributed by atoms with Crippen molar-refractivity contribution >= 4 is 40.3 Å². The molecule has 2 aliphatic carbocycles. The van der Waals surface area contributed by atoms with Gasteiger partial charge in [-0.3, -0.25) is 9.69 Å². The number of aliphatic hydroxyl groups excluding tert-OH is 2. The van der Waals surface area contributed by atoms with Crippen LogP contribution in [0.1, 0.15) is 54.8 Å². The van der Waals surface area contributed by atoms with E-state index in [-0.39, 0.29) is 25.2 Å². The number of methoxy groups -OCH3 is 2. The molecule has 12 heteroatoms. The number of benzene rings is 1. The first-order valence-electron chi connectivity index (χ1n) is 14.2. The number of carbonyl (C=O) groups is 1. The molecule has 3 aliphatic rings. The lowest BCUT2D eigenvalue weighted by atomic mass is 9.94. The number of nitrogens with zero attached hydrogens (tertiary/aromatic N) is 4. The van der Waals surface area contributed by atoms with Gasteiger partial charge in [-0.1, -0.05) is 35.6 Å². The van der Waals surface area contributed by atoms with Gasteiger partial charge in [-0.2, -0.15) is 0 Å². The van der Waals surface area contributed by atoms with Crippen LogP contribution in [0.5, 0.6) is 11.5 Å². The Morgan fingerprint density at radius 1 is 1.12 bits per heavy atom. The monoisotopic (exact) mass is 610 g/mol. The number of carbonyl (C=O) groups excluding carboxylic acids is 1. The topological polar surface area (TPSA) is 123 Å². The first kappa shape index (κ1) is 28.9. The molecule has 2 N–H and O–H groups in total. The summed E-state index contributed by atoms with van der Waals surface area (Å²) < 4.78 is 19.6. The highest BCUT2D eigenvalue weighted by molar-refractivity contribution is 8.26. The second-order valence-electron chi connectivity index (χ2n) is 11.0. The molecule has 3 aromatic rings. The SMILES string of the molecule is COc1cc(OC)cc(-c2cc(CCCn3nnc(CO)c3CO)c(C=C3SC(=S)N(C4CC5CCC4C5)C3=O)o2)c1. The van der Waals surface area contributed by atoms with Gasteiger partial charge < -0.3 is 24.1 Å². The molecule has 1 amide bonds. The van der Waals surface area contributed by atoms with Gasteiger partial charge in [-0.05, 0) is 67.7 Å². The number of amides is 1. The highest BCUT2D eigenvalue weighted by Crippen LogP contribution is 2.49. The van der Waals surface area contributed by atoms with Gasteiger partial charge in [-0.25, -0.2) is 4.68 Å². The molecule has 2 saturated carbocycles. The molecule has 1 saturated heterocycles. The maximum Gasteiger partial charge on any atom is 0.266 e. The van der Waals surface area contributed by atoms with Gasteiger partial charge in [0.05, 0.1) is 38.0 Å². The van der Waals surface area contributed by atoms with E-state index in [4.69, 9.17) is 26.1 Å². The molecule has 3 atom stereocenters. The average Bonchev–Trinajstić information content (AvgIpc) is 3.83. The molecular weight excluding hydrogens is 576 g/mol. The van der Waals surface area contributed by atoms with E-state index in [1.165, 1.54) is 31.0 Å². The van der Waals surface area contributed by atoms with E-state index >= 15 is 0 Å². The lowest BCUT2D eigenvalue weighted by Crippen LogP contribution is -2.41. The number of thioether (sulfide) groups is 1. The summed E-state index contributed by atoms with van der Waals surface area (Å²) in [7, 11) is 3.20. The van der Waals surface area contributed by atoms with Crippen molar-refractivity contribution in [3.63, 3.8) is 0 Å². The minimum absolute atomic E-state index is 0.0405. The molecule has 3 unspecified atom stereocenters. The van der Waals surface area contributed by atoms with Gasteiger partial charge in [0.25, 0.3) is 5.91 Å². The lowest BCUT2D eigenvalue weighted by Gasteiger charge is -2.30. The number of hydrogen-bond acceptors (Lipinski definition) is 10. The van der Waals surface area contributed by atoms with Crippen molar-refractivity contribution in [2.75, 3.05) is 14.2 Å². The second kappa shape index (κ2) is 12.2. The Kier molecular flexibility index (Phi) is 8.39. The summed E-state index contributed by atoms with van der Waals surface area (Å²) >= 11 is 7.05. The minimum atomic E-state index is -0.282. The molecular formula is C30H34N4O6S2. The Morgan fingerprint density at radius 3 is 2.55 bits per heavy atom. The number of aliphatic hydroxyl groups is 2. The smallest absolute Gasteiger partial charge is 0.266 e. The van der Waals surface area contributed by atoms with Crippen LogP contribution >= 0.6 is 24.0 Å². The maximum atomic E-state index is 13.7. The van der Waals surface area contributed by atoms with Crippen molar-refractivity contribution in [1.82, 2.24) is 19.9 Å². The first-order chi connectivity index (χ1) is 20.4. The van der Waals surface area contributed by atoms with Crippen LogP contribution in [0.4, 0.5) is 0 Å². The molecule has 2 bridgehead atoms. The summed E-state index contributed by atoms with van der Waals surface area (Å²) in [6, 6.07) is 7.73. The van der Waals surface area contributed by atoms with E-state index in [9.17, 15) is 15.0 Å². The molecule has 1 aliphatic heterocycles. The molecule has 0 spiro atoms. The first-order valence-corrected chi connectivity index (χ1v) is 15.4. The van der Waals surface area contributed by atoms with Gasteiger partial charge >= 0.3 is 0 Å². The van der Waals surface area contributed by atoms with E-state index in [2.05, 4.69) is 10.3 Å². The Hall–Kier alpha value is -3.19. The summed E-state index contributed by atoms with van der Waals surface area (Å²) in [5, 5.41) is 27.2. The maximum absolute atomic E-state index is 13.7. The Morgan fingerprint density at radius 2 is 1.90 bits per heavy atom. The standard InChI is InChI=1S/C30H34N4O6S2/c1-38-21-10-20(11-22(13-21)39-2)26-12-19(4-3-7-33-25(16-36)23(15-35)31-32-33)27(40-26)14-28-29(37)34(30(41)42-28)24-9-17-5-6-18(24)8-17/h10-14,17-18,24,35-36H,3-9,15-16H2,1-2H3. The fraction of sp³-hybridized carbons (Fsp3) is 0.467. The van der Waals surface area contributed by atoms with Crippen LogP contribution in [-0.4, -0.2) is 60.6 Å². The number of thiocarbonyl (C=S) groups is 1. The third kappa shape index (κ3) is 5.48. The molecule has 2 aromatic heterocycles. The normalized spacial score (nSPS) is 22.6. The third-order valence-electron chi connectivity index (χ3n) is 8.63. The summed E-state index contributed by atoms with van der Waals surface area (Å²) in [4.78, 5) is 16.1. The average molecular weight is 611 g/mol. The fourth-order valence-corrected chi connectivity index (χ4v) is 7.87. The van der Waals surface area contributed by atoms with Crippen molar-refractivity contribution < 1.29 is 28.9 Å². The number of ether oxygens (including phenoxy) is 2. The number of furan rings is 1. The van der Waals surface area contributed by atoms with Gasteiger partial charge in [0, 0.05) is 30.3 Å². The number of aromatic nitrogens is 3. The van der Waals surface area contributed by atoms with Crippen LogP contribution in [-0.2, 0) is 31.0 Å². The van der Waals surface area contributed by atoms with Gasteiger partial charge in [-0.15, -0.1) is 5.10 Å². The second-order valence-corrected chi connectivity index (χ2v) is 12.7. The van der Waals surface area contributed by atoms with Gasteiger partial charge in [0.1, 0.15) is 33.0 Å². The zero-order chi connectivity index (χ0) is 29.4. The molecule has 0 radical (unpaired) electrons. The van der Waals surface area contributed by atoms with E-state index < -0.39 is 0 Å². The summed E-state index contributed by atoms with van der Waals surface area (Å²) in [6.07, 6.45) is 7.76. The van der Waals surface area contributed by atoms with Crippen molar-refractivity contribution in [2.24, 2.45) is 11.8 Å². The van der Waals surface area contributed by atoms with Crippen LogP contribution in [0.25, 0.3) is 17.4 Å². The Bertz CT molecular complexity index is 1510. The molecule has 3 fully saturated rings. The van der Waals surface area contributed by atoms with E-state index in [1.807, 2.05) is 29.2 Å². The van der Waals surface area contributed by atoms with Crippen molar-refractivity contribution in [3.05, 3.63) is 51.9 Å². The quantitative estimate of drug-likeness (QED) is 0.236. The molecule has 42 heavy (non-hydrogen) atoms. The summed E-state index contributed by atoms with van der Waals surface area (Å²) in [5.74, 6) is 3.70. The Labute approximate surface area is 253 Å². The van der Waals surface area contributed by atoms with Crippen molar-refractivity contribution in [2.45, 2.75) is 64.3 Å². The van der Waals surface area contributed by atoms with Crippen molar-refractivity contribution in [1.29, 1.82) is 0 Å². The minimum Gasteiger partial charge on any atom is -0.497 e. The highest BCUT2D eigenvalue weighted by atomic mass is 32.2. The van der Waals surface area contributed by atoms with Crippen LogP contribution in [0, 0.1) is 11.8 Å². The molecule has 1 aromatic carbocycles. The third-order valence-corrected chi connectivity index (χ3v) is 9.96. The Balaban J connectivity index is 1.29. The zero-order valence-corrected chi connectivity index (χ0v) is 25.2.